The number of hydrogen-bond donors (Lipinski definition) is 1. The van der Waals surface area contributed by atoms with Crippen LogP contribution in [0.3, 0.4) is 0 Å². The zero-order valence-corrected chi connectivity index (χ0v) is 15.1. The largest absolute Gasteiger partial charge is 0.497 e. The fraction of sp³-hybridized carbons (Fsp3) is 0.238. The zero-order chi connectivity index (χ0) is 18.8. The molecule has 1 atom stereocenters. The van der Waals surface area contributed by atoms with Crippen molar-refractivity contribution < 1.29 is 14.3 Å². The SMILES string of the molecule is COc1ccc2cc(C3CN(C(=O)c4ccnc(N)c4)CCO3)ccc2c1. The first-order valence-corrected chi connectivity index (χ1v) is 8.84. The number of carbonyl (C=O) groups excluding carboxylic acids is 1. The molecule has 2 heterocycles. The molecule has 138 valence electrons. The predicted molar refractivity (Wildman–Crippen MR) is 104 cm³/mol. The average molecular weight is 363 g/mol. The molecule has 1 saturated heterocycles. The van der Waals surface area contributed by atoms with Gasteiger partial charge in [-0.05, 0) is 46.7 Å². The van der Waals surface area contributed by atoms with Gasteiger partial charge < -0.3 is 20.1 Å². The molecule has 6 heteroatoms. The van der Waals surface area contributed by atoms with E-state index in [1.807, 2.05) is 24.3 Å². The van der Waals surface area contributed by atoms with Crippen LogP contribution in [0.2, 0.25) is 0 Å². The summed E-state index contributed by atoms with van der Waals surface area (Å²) in [7, 11) is 1.66. The number of anilines is 1. The second-order valence-electron chi connectivity index (χ2n) is 6.55. The third-order valence-electron chi connectivity index (χ3n) is 4.82. The number of nitrogens with zero attached hydrogens (tertiary/aromatic N) is 2. The lowest BCUT2D eigenvalue weighted by Gasteiger charge is -2.33. The van der Waals surface area contributed by atoms with E-state index in [2.05, 4.69) is 17.1 Å². The van der Waals surface area contributed by atoms with Gasteiger partial charge >= 0.3 is 0 Å². The molecule has 27 heavy (non-hydrogen) atoms. The Hall–Kier alpha value is -3.12. The molecule has 0 aliphatic carbocycles. The van der Waals surface area contributed by atoms with Gasteiger partial charge in [0, 0.05) is 18.3 Å². The number of hydrogen-bond acceptors (Lipinski definition) is 5. The zero-order valence-electron chi connectivity index (χ0n) is 15.1. The summed E-state index contributed by atoms with van der Waals surface area (Å²) >= 11 is 0. The lowest BCUT2D eigenvalue weighted by atomic mass is 10.0. The molecular weight excluding hydrogens is 342 g/mol. The van der Waals surface area contributed by atoms with Crippen LogP contribution in [0.1, 0.15) is 22.0 Å². The van der Waals surface area contributed by atoms with E-state index in [1.165, 1.54) is 0 Å². The van der Waals surface area contributed by atoms with Gasteiger partial charge in [-0.3, -0.25) is 4.79 Å². The van der Waals surface area contributed by atoms with Gasteiger partial charge in [0.25, 0.3) is 5.91 Å². The molecule has 1 aliphatic heterocycles. The molecular formula is C21H21N3O3. The van der Waals surface area contributed by atoms with Crippen molar-refractivity contribution in [3.05, 3.63) is 65.9 Å². The normalized spacial score (nSPS) is 17.1. The van der Waals surface area contributed by atoms with E-state index in [0.29, 0.717) is 31.1 Å². The van der Waals surface area contributed by atoms with E-state index in [-0.39, 0.29) is 12.0 Å². The van der Waals surface area contributed by atoms with E-state index >= 15 is 0 Å². The highest BCUT2D eigenvalue weighted by Crippen LogP contribution is 2.28. The van der Waals surface area contributed by atoms with Gasteiger partial charge in [0.2, 0.25) is 0 Å². The molecule has 1 amide bonds. The van der Waals surface area contributed by atoms with E-state index in [0.717, 1.165) is 22.1 Å². The van der Waals surface area contributed by atoms with Gasteiger partial charge in [-0.1, -0.05) is 18.2 Å². The van der Waals surface area contributed by atoms with Crippen molar-refractivity contribution in [2.75, 3.05) is 32.5 Å². The van der Waals surface area contributed by atoms with Crippen molar-refractivity contribution in [2.24, 2.45) is 0 Å². The number of benzene rings is 2. The van der Waals surface area contributed by atoms with Crippen LogP contribution in [-0.2, 0) is 4.74 Å². The highest BCUT2D eigenvalue weighted by molar-refractivity contribution is 5.94. The minimum absolute atomic E-state index is 0.0528. The van der Waals surface area contributed by atoms with Crippen molar-refractivity contribution in [3.63, 3.8) is 0 Å². The van der Waals surface area contributed by atoms with Crippen LogP contribution >= 0.6 is 0 Å². The van der Waals surface area contributed by atoms with Gasteiger partial charge in [-0.15, -0.1) is 0 Å². The number of pyridine rings is 1. The second-order valence-corrected chi connectivity index (χ2v) is 6.55. The predicted octanol–water partition coefficient (Wildman–Crippen LogP) is 3.04. The Balaban J connectivity index is 1.55. The standard InChI is InChI=1S/C21H21N3O3/c1-26-18-5-4-14-10-16(3-2-15(14)11-18)19-13-24(8-9-27-19)21(25)17-6-7-23-20(22)12-17/h2-7,10-12,19H,8-9,13H2,1H3,(H2,22,23). The van der Waals surface area contributed by atoms with Crippen LogP contribution in [0, 0.1) is 0 Å². The van der Waals surface area contributed by atoms with Gasteiger partial charge in [0.1, 0.15) is 17.7 Å². The third-order valence-corrected chi connectivity index (χ3v) is 4.82. The Labute approximate surface area is 157 Å². The summed E-state index contributed by atoms with van der Waals surface area (Å²) in [6.45, 7) is 1.56. The molecule has 3 aromatic rings. The lowest BCUT2D eigenvalue weighted by molar-refractivity contribution is -0.0227. The highest BCUT2D eigenvalue weighted by atomic mass is 16.5. The summed E-state index contributed by atoms with van der Waals surface area (Å²) < 4.78 is 11.2. The first-order valence-electron chi connectivity index (χ1n) is 8.84. The molecule has 2 N–H and O–H groups in total. The number of carbonyl (C=O) groups is 1. The monoisotopic (exact) mass is 363 g/mol. The number of morpholine rings is 1. The Morgan fingerprint density at radius 3 is 2.81 bits per heavy atom. The minimum atomic E-state index is -0.159. The first-order chi connectivity index (χ1) is 13.1. The van der Waals surface area contributed by atoms with Crippen molar-refractivity contribution in [1.82, 2.24) is 9.88 Å². The number of nitrogens with two attached hydrogens (primary N) is 1. The third kappa shape index (κ3) is 3.57. The van der Waals surface area contributed by atoms with Crippen molar-refractivity contribution in [1.29, 1.82) is 0 Å². The number of ether oxygens (including phenoxy) is 2. The van der Waals surface area contributed by atoms with Gasteiger partial charge in [-0.2, -0.15) is 0 Å². The summed E-state index contributed by atoms with van der Waals surface area (Å²) in [5, 5.41) is 2.22. The Morgan fingerprint density at radius 1 is 1.19 bits per heavy atom. The fourth-order valence-electron chi connectivity index (χ4n) is 3.37. The van der Waals surface area contributed by atoms with Crippen LogP contribution in [-0.4, -0.2) is 42.6 Å². The first kappa shape index (κ1) is 17.3. The van der Waals surface area contributed by atoms with Crippen molar-refractivity contribution in [3.8, 4) is 5.75 Å². The summed E-state index contributed by atoms with van der Waals surface area (Å²) in [6, 6.07) is 15.5. The van der Waals surface area contributed by atoms with E-state index < -0.39 is 0 Å². The minimum Gasteiger partial charge on any atom is -0.497 e. The molecule has 0 radical (unpaired) electrons. The molecule has 1 fully saturated rings. The average Bonchev–Trinajstić information content (AvgIpc) is 2.72. The van der Waals surface area contributed by atoms with Gasteiger partial charge in [-0.25, -0.2) is 4.98 Å². The number of nitrogen functional groups attached to an aromatic ring is 1. The number of fused-ring (bicyclic) bond motifs is 1. The fourth-order valence-corrected chi connectivity index (χ4v) is 3.37. The maximum absolute atomic E-state index is 12.8. The maximum atomic E-state index is 12.8. The molecule has 0 saturated carbocycles. The Kier molecular flexibility index (Phi) is 4.64. The summed E-state index contributed by atoms with van der Waals surface area (Å²) in [4.78, 5) is 18.5. The second kappa shape index (κ2) is 7.25. The topological polar surface area (TPSA) is 77.7 Å². The van der Waals surface area contributed by atoms with Crippen LogP contribution < -0.4 is 10.5 Å². The Bertz CT molecular complexity index is 989. The van der Waals surface area contributed by atoms with E-state index in [4.69, 9.17) is 15.2 Å². The lowest BCUT2D eigenvalue weighted by Crippen LogP contribution is -2.42. The maximum Gasteiger partial charge on any atom is 0.254 e. The Morgan fingerprint density at radius 2 is 2.00 bits per heavy atom. The molecule has 1 unspecified atom stereocenters. The van der Waals surface area contributed by atoms with Gasteiger partial charge in [0.15, 0.2) is 0 Å². The van der Waals surface area contributed by atoms with Crippen LogP contribution in [0.25, 0.3) is 10.8 Å². The van der Waals surface area contributed by atoms with Crippen molar-refractivity contribution in [2.45, 2.75) is 6.10 Å². The summed E-state index contributed by atoms with van der Waals surface area (Å²) in [5.74, 6) is 1.12. The van der Waals surface area contributed by atoms with E-state index in [1.54, 1.807) is 30.3 Å². The molecule has 0 bridgehead atoms. The molecule has 1 aromatic heterocycles. The molecule has 0 spiro atoms. The van der Waals surface area contributed by atoms with Crippen LogP contribution in [0.4, 0.5) is 5.82 Å². The number of methoxy groups -OCH3 is 1. The van der Waals surface area contributed by atoms with Gasteiger partial charge in [0.05, 0.1) is 20.3 Å². The number of rotatable bonds is 3. The highest BCUT2D eigenvalue weighted by Gasteiger charge is 2.26. The smallest absolute Gasteiger partial charge is 0.254 e. The van der Waals surface area contributed by atoms with Crippen LogP contribution in [0.15, 0.2) is 54.7 Å². The molecule has 4 rings (SSSR count). The molecule has 1 aliphatic rings. The molecule has 2 aromatic carbocycles. The summed E-state index contributed by atoms with van der Waals surface area (Å²) in [5.41, 5.74) is 7.31. The van der Waals surface area contributed by atoms with Crippen molar-refractivity contribution >= 4 is 22.5 Å². The quantitative estimate of drug-likeness (QED) is 0.774. The number of aromatic nitrogens is 1. The number of amides is 1. The van der Waals surface area contributed by atoms with Crippen LogP contribution in [0.5, 0.6) is 5.75 Å². The molecule has 6 nitrogen and oxygen atoms in total. The van der Waals surface area contributed by atoms with E-state index in [9.17, 15) is 4.79 Å². The summed E-state index contributed by atoms with van der Waals surface area (Å²) in [6.07, 6.45) is 1.39.